The molecule has 2 atom stereocenters. The van der Waals surface area contributed by atoms with E-state index in [2.05, 4.69) is 18.0 Å². The van der Waals surface area contributed by atoms with Crippen molar-refractivity contribution in [3.8, 4) is 0 Å². The van der Waals surface area contributed by atoms with E-state index in [4.69, 9.17) is 5.11 Å². The normalized spacial score (nSPS) is 14.7. The lowest BCUT2D eigenvalue weighted by Crippen LogP contribution is -2.07. The molecule has 1 aromatic heterocycles. The van der Waals surface area contributed by atoms with Gasteiger partial charge in [-0.3, -0.25) is 9.59 Å². The Morgan fingerprint density at radius 1 is 1.30 bits per heavy atom. The van der Waals surface area contributed by atoms with E-state index in [1.807, 2.05) is 6.08 Å². The highest BCUT2D eigenvalue weighted by atomic mass is 32.1. The minimum absolute atomic E-state index is 0.262. The Hall–Kier alpha value is -2.25. The van der Waals surface area contributed by atoms with Crippen LogP contribution >= 0.6 is 11.3 Å². The van der Waals surface area contributed by atoms with Crippen molar-refractivity contribution in [2.45, 2.75) is 52.1 Å². The Morgan fingerprint density at radius 3 is 2.67 bits per heavy atom. The van der Waals surface area contributed by atoms with Gasteiger partial charge in [-0.25, -0.2) is 4.79 Å². The molecule has 1 aromatic rings. The molecule has 2 unspecified atom stereocenters. The van der Waals surface area contributed by atoms with Gasteiger partial charge in [0.15, 0.2) is 0 Å². The molecule has 0 fully saturated rings. The molecule has 0 aliphatic heterocycles. The summed E-state index contributed by atoms with van der Waals surface area (Å²) in [4.78, 5) is 35.5. The van der Waals surface area contributed by atoms with Crippen LogP contribution in [0.2, 0.25) is 0 Å². The summed E-state index contributed by atoms with van der Waals surface area (Å²) in [5.74, 6) is -0.882. The summed E-state index contributed by atoms with van der Waals surface area (Å²) < 4.78 is 0. The van der Waals surface area contributed by atoms with Crippen LogP contribution in [-0.2, 0) is 4.79 Å². The molecule has 3 N–H and O–H groups in total. The molecule has 0 aliphatic carbocycles. The maximum atomic E-state index is 11.8. The first kappa shape index (κ1) is 22.8. The number of carbonyl (C=O) groups is 2. The summed E-state index contributed by atoms with van der Waals surface area (Å²) in [5.41, 5.74) is 1.10. The summed E-state index contributed by atoms with van der Waals surface area (Å²) in [7, 11) is 0. The predicted molar refractivity (Wildman–Crippen MR) is 107 cm³/mol. The van der Waals surface area contributed by atoms with E-state index in [1.54, 1.807) is 13.0 Å². The Bertz CT molecular complexity index is 756. The second kappa shape index (κ2) is 12.2. The average Bonchev–Trinajstić information content (AvgIpc) is 3.02. The summed E-state index contributed by atoms with van der Waals surface area (Å²) in [6, 6.07) is 0. The van der Waals surface area contributed by atoms with Crippen LogP contribution in [0.1, 0.15) is 56.4 Å². The van der Waals surface area contributed by atoms with Crippen LogP contribution in [0.5, 0.6) is 0 Å². The zero-order valence-corrected chi connectivity index (χ0v) is 16.5. The third-order valence-corrected chi connectivity index (χ3v) is 4.63. The number of allylic oxidation sites excluding steroid dienone is 4. The summed E-state index contributed by atoms with van der Waals surface area (Å²) in [6.07, 6.45) is 11.1. The van der Waals surface area contributed by atoms with E-state index in [1.165, 1.54) is 17.5 Å². The molecule has 0 saturated carbocycles. The molecule has 0 bridgehead atoms. The topological polar surface area (TPSA) is 107 Å². The van der Waals surface area contributed by atoms with Crippen LogP contribution in [-0.4, -0.2) is 33.1 Å². The molecule has 6 nitrogen and oxygen atoms in total. The smallest absolute Gasteiger partial charge is 0.328 e. The van der Waals surface area contributed by atoms with Crippen LogP contribution in [0.25, 0.3) is 0 Å². The molecule has 27 heavy (non-hydrogen) atoms. The molecule has 1 rings (SSSR count). The molecule has 7 heteroatoms. The predicted octanol–water partition coefficient (Wildman–Crippen LogP) is 3.71. The van der Waals surface area contributed by atoms with Crippen molar-refractivity contribution in [1.29, 1.82) is 0 Å². The second-order valence-electron chi connectivity index (χ2n) is 6.57. The number of ketones is 1. The molecular formula is C20H27NO5S. The monoisotopic (exact) mass is 393 g/mol. The van der Waals surface area contributed by atoms with E-state index in [0.29, 0.717) is 25.2 Å². The largest absolute Gasteiger partial charge is 0.478 e. The Kier molecular flexibility index (Phi) is 10.3. The minimum atomic E-state index is -0.918. The van der Waals surface area contributed by atoms with E-state index in [9.17, 15) is 19.5 Å². The van der Waals surface area contributed by atoms with Gasteiger partial charge in [-0.05, 0) is 51.0 Å². The molecule has 0 saturated heterocycles. The third-order valence-electron chi connectivity index (χ3n) is 3.96. The lowest BCUT2D eigenvalue weighted by atomic mass is 10.00. The van der Waals surface area contributed by atoms with Gasteiger partial charge in [0.25, 0.3) is 0 Å². The summed E-state index contributed by atoms with van der Waals surface area (Å²) >= 11 is 0.945. The van der Waals surface area contributed by atoms with Gasteiger partial charge in [-0.15, -0.1) is 0 Å². The van der Waals surface area contributed by atoms with Crippen molar-refractivity contribution in [3.05, 3.63) is 56.7 Å². The third kappa shape index (κ3) is 10.5. The number of nitrogens with one attached hydrogen (secondary N) is 1. The number of carboxylic acid groups (broad SMARTS) is 1. The second-order valence-corrected chi connectivity index (χ2v) is 7.41. The zero-order valence-electron chi connectivity index (χ0n) is 15.7. The molecule has 148 valence electrons. The number of hydrogen-bond donors (Lipinski definition) is 3. The van der Waals surface area contributed by atoms with Gasteiger partial charge in [0.1, 0.15) is 0 Å². The standard InChI is InChI=1S/C20H27NO5S/c1-14(6-3-4-7-15(2)12-19(24)25)10-11-16(22)8-5-9-18(23)17-13-27-20(26)21-17/h3,5-6,9,12-14,16,22H,4,7-8,10-11H2,1-2H3,(H,21,26)(H,24,25). The number of hydrogen-bond acceptors (Lipinski definition) is 5. The SMILES string of the molecule is CC(=CC(=O)O)CCC=CC(C)CCC(O)CC=CC(=O)c1csc(=O)[nH]1. The molecule has 0 radical (unpaired) electrons. The molecule has 0 spiro atoms. The van der Waals surface area contributed by atoms with Crippen LogP contribution in [0.3, 0.4) is 0 Å². The Labute approximate surface area is 162 Å². The fraction of sp³-hybridized carbons (Fsp3) is 0.450. The quantitative estimate of drug-likeness (QED) is 0.285. The van der Waals surface area contributed by atoms with Crippen molar-refractivity contribution in [2.24, 2.45) is 5.92 Å². The van der Waals surface area contributed by atoms with Crippen LogP contribution in [0, 0.1) is 5.92 Å². The number of rotatable bonds is 12. The van der Waals surface area contributed by atoms with Crippen molar-refractivity contribution in [1.82, 2.24) is 4.98 Å². The van der Waals surface area contributed by atoms with Crippen LogP contribution in [0.4, 0.5) is 0 Å². The minimum Gasteiger partial charge on any atom is -0.478 e. The molecule has 1 heterocycles. The van der Waals surface area contributed by atoms with Gasteiger partial charge >= 0.3 is 10.8 Å². The maximum Gasteiger partial charge on any atom is 0.328 e. The van der Waals surface area contributed by atoms with Crippen molar-refractivity contribution >= 4 is 23.1 Å². The average molecular weight is 394 g/mol. The molecular weight excluding hydrogens is 366 g/mol. The number of H-pyrrole nitrogens is 1. The van der Waals surface area contributed by atoms with E-state index in [-0.39, 0.29) is 16.4 Å². The Morgan fingerprint density at radius 2 is 2.04 bits per heavy atom. The van der Waals surface area contributed by atoms with E-state index in [0.717, 1.165) is 29.8 Å². The first-order chi connectivity index (χ1) is 12.8. The lowest BCUT2D eigenvalue weighted by molar-refractivity contribution is -0.131. The van der Waals surface area contributed by atoms with Crippen LogP contribution < -0.4 is 4.87 Å². The first-order valence-electron chi connectivity index (χ1n) is 8.91. The number of aliphatic hydroxyl groups is 1. The Balaban J connectivity index is 2.24. The van der Waals surface area contributed by atoms with Crippen LogP contribution in [0.15, 0.2) is 46.1 Å². The van der Waals surface area contributed by atoms with Gasteiger partial charge in [0, 0.05) is 11.5 Å². The number of aliphatic hydroxyl groups excluding tert-OH is 1. The maximum absolute atomic E-state index is 11.8. The van der Waals surface area contributed by atoms with E-state index < -0.39 is 12.1 Å². The zero-order chi connectivity index (χ0) is 20.2. The van der Waals surface area contributed by atoms with Crippen molar-refractivity contribution < 1.29 is 19.8 Å². The molecule has 0 amide bonds. The van der Waals surface area contributed by atoms with Gasteiger partial charge < -0.3 is 15.2 Å². The fourth-order valence-electron chi connectivity index (χ4n) is 2.41. The number of aromatic nitrogens is 1. The molecule has 0 aliphatic rings. The molecule has 0 aromatic carbocycles. The van der Waals surface area contributed by atoms with Crippen molar-refractivity contribution in [3.63, 3.8) is 0 Å². The summed E-state index contributed by atoms with van der Waals surface area (Å²) in [5, 5.41) is 20.1. The highest BCUT2D eigenvalue weighted by Crippen LogP contribution is 2.13. The van der Waals surface area contributed by atoms with Gasteiger partial charge in [-0.2, -0.15) is 0 Å². The highest BCUT2D eigenvalue weighted by molar-refractivity contribution is 7.07. The first-order valence-corrected chi connectivity index (χ1v) is 9.79. The summed E-state index contributed by atoms with van der Waals surface area (Å²) in [6.45, 7) is 3.87. The van der Waals surface area contributed by atoms with Gasteiger partial charge in [0.05, 0.1) is 11.8 Å². The highest BCUT2D eigenvalue weighted by Gasteiger charge is 2.07. The lowest BCUT2D eigenvalue weighted by Gasteiger charge is -2.10. The number of aromatic amines is 1. The van der Waals surface area contributed by atoms with Gasteiger partial charge in [-0.1, -0.05) is 42.1 Å². The number of carbonyl (C=O) groups excluding carboxylic acids is 1. The van der Waals surface area contributed by atoms with Crippen molar-refractivity contribution in [2.75, 3.05) is 0 Å². The van der Waals surface area contributed by atoms with E-state index >= 15 is 0 Å². The fourth-order valence-corrected chi connectivity index (χ4v) is 2.98. The van der Waals surface area contributed by atoms with Gasteiger partial charge in [0.2, 0.25) is 5.78 Å². The number of aliphatic carboxylic acids is 1. The number of carboxylic acids is 1. The number of thiazole rings is 1.